The Balaban J connectivity index is 1.44. The van der Waals surface area contributed by atoms with Crippen LogP contribution in [0.3, 0.4) is 0 Å². The van der Waals surface area contributed by atoms with Gasteiger partial charge in [0.1, 0.15) is 36.5 Å². The molecule has 0 bridgehead atoms. The number of ether oxygens (including phenoxy) is 2. The van der Waals surface area contributed by atoms with Gasteiger partial charge in [-0.15, -0.1) is 0 Å². The average Bonchev–Trinajstić information content (AvgIpc) is 3.53. The summed E-state index contributed by atoms with van der Waals surface area (Å²) in [5.41, 5.74) is 1.76. The SMILES string of the molecule is Cc1cc(N)nc(-c2c(Cl)c3c4c(nc(OC[C@@]56CCCN5C[C@H](F)C6)nc4c2F)N(C)C2(CC2)CO3)c1C(F)(F)F. The molecule has 0 amide bonds. The summed E-state index contributed by atoms with van der Waals surface area (Å²) >= 11 is 6.70. The van der Waals surface area contributed by atoms with E-state index in [0.717, 1.165) is 38.3 Å². The zero-order valence-corrected chi connectivity index (χ0v) is 23.7. The fourth-order valence-electron chi connectivity index (χ4n) is 6.92. The van der Waals surface area contributed by atoms with Crippen molar-refractivity contribution in [1.29, 1.82) is 0 Å². The lowest BCUT2D eigenvalue weighted by Crippen LogP contribution is -2.43. The molecule has 8 nitrogen and oxygen atoms in total. The Kier molecular flexibility index (Phi) is 6.02. The highest BCUT2D eigenvalue weighted by Gasteiger charge is 2.52. The van der Waals surface area contributed by atoms with Crippen molar-refractivity contribution >= 4 is 34.1 Å². The zero-order chi connectivity index (χ0) is 29.8. The van der Waals surface area contributed by atoms with Crippen LogP contribution in [0, 0.1) is 12.7 Å². The molecule has 3 aliphatic heterocycles. The topological polar surface area (TPSA) is 89.6 Å². The second kappa shape index (κ2) is 9.15. The fraction of sp³-hybridized carbons (Fsp3) is 0.536. The van der Waals surface area contributed by atoms with Crippen molar-refractivity contribution in [3.05, 3.63) is 28.0 Å². The van der Waals surface area contributed by atoms with Crippen molar-refractivity contribution in [2.75, 3.05) is 44.0 Å². The molecule has 224 valence electrons. The van der Waals surface area contributed by atoms with Crippen LogP contribution in [-0.4, -0.2) is 70.5 Å². The monoisotopic (exact) mass is 610 g/mol. The predicted octanol–water partition coefficient (Wildman–Crippen LogP) is 5.71. The molecule has 0 radical (unpaired) electrons. The molecule has 1 spiro atoms. The molecule has 5 heterocycles. The molecular weight excluding hydrogens is 583 g/mol. The highest BCUT2D eigenvalue weighted by atomic mass is 35.5. The molecule has 1 aliphatic carbocycles. The van der Waals surface area contributed by atoms with Gasteiger partial charge in [-0.25, -0.2) is 13.8 Å². The Hall–Kier alpha value is -3.19. The van der Waals surface area contributed by atoms with Crippen LogP contribution in [0.15, 0.2) is 6.07 Å². The summed E-state index contributed by atoms with van der Waals surface area (Å²) in [6.45, 7) is 2.54. The fourth-order valence-corrected chi connectivity index (χ4v) is 7.24. The molecule has 7 rings (SSSR count). The largest absolute Gasteiger partial charge is 0.489 e. The van der Waals surface area contributed by atoms with Crippen LogP contribution in [0.25, 0.3) is 22.2 Å². The molecule has 4 aliphatic rings. The Morgan fingerprint density at radius 3 is 2.69 bits per heavy atom. The van der Waals surface area contributed by atoms with E-state index >= 15 is 4.39 Å². The number of anilines is 2. The van der Waals surface area contributed by atoms with Crippen molar-refractivity contribution in [3.8, 4) is 23.0 Å². The van der Waals surface area contributed by atoms with Crippen LogP contribution >= 0.6 is 11.6 Å². The number of nitrogens with two attached hydrogens (primary N) is 1. The van der Waals surface area contributed by atoms with Gasteiger partial charge in [-0.05, 0) is 50.8 Å². The molecule has 3 aromatic rings. The summed E-state index contributed by atoms with van der Waals surface area (Å²) < 4.78 is 85.9. The quantitative estimate of drug-likeness (QED) is 0.376. The van der Waals surface area contributed by atoms with Gasteiger partial charge in [-0.2, -0.15) is 23.1 Å². The third-order valence-corrected chi connectivity index (χ3v) is 9.63. The maximum atomic E-state index is 16.6. The van der Waals surface area contributed by atoms with E-state index in [0.29, 0.717) is 13.0 Å². The Labute approximate surface area is 242 Å². The molecule has 2 atom stereocenters. The van der Waals surface area contributed by atoms with Crippen LogP contribution in [0.2, 0.25) is 5.02 Å². The third-order valence-electron chi connectivity index (χ3n) is 9.27. The van der Waals surface area contributed by atoms with Crippen molar-refractivity contribution < 1.29 is 31.4 Å². The van der Waals surface area contributed by atoms with E-state index in [2.05, 4.69) is 19.9 Å². The molecular formula is C28H28ClF5N6O2. The maximum absolute atomic E-state index is 16.6. The first-order valence-electron chi connectivity index (χ1n) is 13.8. The standard InChI is InChI=1S/C28H28ClF5N6O2/c1-13-8-15(35)36-21(18(13)28(32,33)34)16-19(29)23-17-22(20(16)31)37-25(38-24(17)39(2)26(5-6-26)11-41-23)42-12-27-4-3-7-40(27)10-14(30)9-27/h8,14H,3-7,9-12H2,1-2H3,(H2,35,36)/t14-,27+/m1/s1. The molecule has 2 aromatic heterocycles. The number of aryl methyl sites for hydroxylation is 1. The highest BCUT2D eigenvalue weighted by molar-refractivity contribution is 6.36. The minimum absolute atomic E-state index is 0.0353. The first-order chi connectivity index (χ1) is 19.8. The van der Waals surface area contributed by atoms with E-state index in [-0.39, 0.29) is 58.1 Å². The molecule has 0 unspecified atom stereocenters. The number of rotatable bonds is 4. The van der Waals surface area contributed by atoms with E-state index < -0.39 is 46.1 Å². The number of hydrogen-bond acceptors (Lipinski definition) is 8. The molecule has 1 saturated carbocycles. The lowest BCUT2D eigenvalue weighted by molar-refractivity contribution is -0.137. The minimum atomic E-state index is -4.88. The van der Waals surface area contributed by atoms with E-state index in [1.54, 1.807) is 7.05 Å². The molecule has 1 aromatic carbocycles. The summed E-state index contributed by atoms with van der Waals surface area (Å²) in [7, 11) is 1.80. The first-order valence-corrected chi connectivity index (χ1v) is 14.2. The summed E-state index contributed by atoms with van der Waals surface area (Å²) in [6, 6.07) is 0.899. The van der Waals surface area contributed by atoms with Gasteiger partial charge in [0.25, 0.3) is 0 Å². The van der Waals surface area contributed by atoms with Gasteiger partial charge in [0, 0.05) is 20.0 Å². The van der Waals surface area contributed by atoms with Crippen molar-refractivity contribution in [2.45, 2.75) is 62.5 Å². The molecule has 42 heavy (non-hydrogen) atoms. The Morgan fingerprint density at radius 1 is 1.21 bits per heavy atom. The molecule has 14 heteroatoms. The van der Waals surface area contributed by atoms with E-state index in [9.17, 15) is 17.6 Å². The Morgan fingerprint density at radius 2 is 1.98 bits per heavy atom. The van der Waals surface area contributed by atoms with Gasteiger partial charge in [0.2, 0.25) is 0 Å². The summed E-state index contributed by atoms with van der Waals surface area (Å²) in [6.07, 6.45) is -2.39. The minimum Gasteiger partial charge on any atom is -0.489 e. The van der Waals surface area contributed by atoms with Gasteiger partial charge in [0.15, 0.2) is 11.6 Å². The second-order valence-corrected chi connectivity index (χ2v) is 12.3. The number of likely N-dealkylation sites (N-methyl/N-ethyl adjacent to an activating group) is 1. The molecule has 3 fully saturated rings. The van der Waals surface area contributed by atoms with Crippen LogP contribution in [0.5, 0.6) is 11.8 Å². The van der Waals surface area contributed by atoms with Crippen LogP contribution in [0.4, 0.5) is 33.6 Å². The van der Waals surface area contributed by atoms with Gasteiger partial charge < -0.3 is 20.1 Å². The highest BCUT2D eigenvalue weighted by Crippen LogP contribution is 2.54. The zero-order valence-electron chi connectivity index (χ0n) is 22.9. The number of hydrogen-bond donors (Lipinski definition) is 1. The van der Waals surface area contributed by atoms with Crippen LogP contribution < -0.4 is 20.1 Å². The number of pyridine rings is 1. The normalized spacial score (nSPS) is 24.7. The number of fused-ring (bicyclic) bond motifs is 1. The van der Waals surface area contributed by atoms with Crippen LogP contribution in [0.1, 0.15) is 43.2 Å². The van der Waals surface area contributed by atoms with Crippen molar-refractivity contribution in [3.63, 3.8) is 0 Å². The number of aromatic nitrogens is 3. The summed E-state index contributed by atoms with van der Waals surface area (Å²) in [4.78, 5) is 16.8. The average molecular weight is 611 g/mol. The smallest absolute Gasteiger partial charge is 0.418 e. The lowest BCUT2D eigenvalue weighted by atomic mass is 9.95. The predicted molar refractivity (Wildman–Crippen MR) is 146 cm³/mol. The number of halogens is 6. The van der Waals surface area contributed by atoms with Gasteiger partial charge in [-0.1, -0.05) is 11.6 Å². The first kappa shape index (κ1) is 27.6. The summed E-state index contributed by atoms with van der Waals surface area (Å²) in [5, 5.41) is -0.257. The van der Waals surface area contributed by atoms with Crippen LogP contribution in [-0.2, 0) is 6.18 Å². The van der Waals surface area contributed by atoms with E-state index in [1.165, 1.54) is 6.92 Å². The second-order valence-electron chi connectivity index (χ2n) is 11.9. The molecule has 2 N–H and O–H groups in total. The van der Waals surface area contributed by atoms with Gasteiger partial charge in [0.05, 0.1) is 38.3 Å². The van der Waals surface area contributed by atoms with Gasteiger partial charge >= 0.3 is 12.2 Å². The number of nitrogens with zero attached hydrogens (tertiary/aromatic N) is 5. The van der Waals surface area contributed by atoms with E-state index in [1.807, 2.05) is 4.90 Å². The Bertz CT molecular complexity index is 1630. The maximum Gasteiger partial charge on any atom is 0.418 e. The van der Waals surface area contributed by atoms with Gasteiger partial charge in [-0.3, -0.25) is 4.90 Å². The number of benzene rings is 1. The van der Waals surface area contributed by atoms with Crippen molar-refractivity contribution in [2.24, 2.45) is 0 Å². The lowest BCUT2D eigenvalue weighted by Gasteiger charge is -2.31. The number of nitrogen functional groups attached to an aromatic ring is 1. The number of alkyl halides is 4. The van der Waals surface area contributed by atoms with Crippen molar-refractivity contribution in [1.82, 2.24) is 19.9 Å². The third kappa shape index (κ3) is 4.06. The molecule has 2 saturated heterocycles. The summed E-state index contributed by atoms with van der Waals surface area (Å²) in [5.74, 6) is -1.11. The van der Waals surface area contributed by atoms with E-state index in [4.69, 9.17) is 26.8 Å².